The molecular formula is C13H16O3. The normalized spacial score (nSPS) is 9.62. The number of hydrogen-bond acceptors (Lipinski definition) is 3. The Morgan fingerprint density at radius 1 is 1.44 bits per heavy atom. The average molecular weight is 220 g/mol. The molecule has 0 unspecified atom stereocenters. The van der Waals surface area contributed by atoms with Gasteiger partial charge in [-0.1, -0.05) is 5.92 Å². The third-order valence-electron chi connectivity index (χ3n) is 2.32. The number of aliphatic hydroxyl groups is 1. The van der Waals surface area contributed by atoms with Gasteiger partial charge in [0, 0.05) is 12.8 Å². The summed E-state index contributed by atoms with van der Waals surface area (Å²) in [6.07, 6.45) is 4.31. The second kappa shape index (κ2) is 6.86. The van der Waals surface area contributed by atoms with Crippen molar-refractivity contribution in [3.05, 3.63) is 23.2 Å². The summed E-state index contributed by atoms with van der Waals surface area (Å²) < 4.78 is 5.35. The van der Waals surface area contributed by atoms with Crippen molar-refractivity contribution in [3.8, 4) is 11.8 Å². The van der Waals surface area contributed by atoms with Crippen LogP contribution in [0, 0.1) is 18.8 Å². The standard InChI is InChI=1S/C13H16O3/c1-11-9-12(10-15)16-13(11)7-5-3-2-4-6-8-14/h9-10,14H,2-3,5,7-8H2,1H3. The molecule has 3 heteroatoms. The van der Waals surface area contributed by atoms with Crippen molar-refractivity contribution in [1.82, 2.24) is 0 Å². The molecule has 0 saturated heterocycles. The molecule has 0 amide bonds. The number of unbranched alkanes of at least 4 members (excludes halogenated alkanes) is 2. The van der Waals surface area contributed by atoms with Crippen LogP contribution in [0.5, 0.6) is 0 Å². The monoisotopic (exact) mass is 220 g/mol. The predicted octanol–water partition coefficient (Wildman–Crippen LogP) is 2.11. The molecule has 86 valence electrons. The highest BCUT2D eigenvalue weighted by Gasteiger charge is 2.05. The van der Waals surface area contributed by atoms with Gasteiger partial charge in [0.2, 0.25) is 0 Å². The Kier molecular flexibility index (Phi) is 5.38. The van der Waals surface area contributed by atoms with Crippen LogP contribution in [0.25, 0.3) is 0 Å². The molecule has 3 nitrogen and oxygen atoms in total. The first kappa shape index (κ1) is 12.5. The molecule has 1 rings (SSSR count). The lowest BCUT2D eigenvalue weighted by atomic mass is 10.1. The van der Waals surface area contributed by atoms with Crippen LogP contribution in [0.15, 0.2) is 10.5 Å². The predicted molar refractivity (Wildman–Crippen MR) is 61.2 cm³/mol. The van der Waals surface area contributed by atoms with Crippen LogP contribution in [0.1, 0.15) is 41.1 Å². The Bertz CT molecular complexity index is 393. The van der Waals surface area contributed by atoms with Crippen molar-refractivity contribution >= 4 is 6.29 Å². The van der Waals surface area contributed by atoms with Gasteiger partial charge in [0.15, 0.2) is 12.0 Å². The van der Waals surface area contributed by atoms with E-state index in [9.17, 15) is 4.79 Å². The van der Waals surface area contributed by atoms with E-state index >= 15 is 0 Å². The summed E-state index contributed by atoms with van der Waals surface area (Å²) in [5.41, 5.74) is 1.03. The maximum absolute atomic E-state index is 10.5. The van der Waals surface area contributed by atoms with E-state index in [2.05, 4.69) is 11.8 Å². The highest BCUT2D eigenvalue weighted by Crippen LogP contribution is 2.16. The molecule has 1 aromatic heterocycles. The van der Waals surface area contributed by atoms with Crippen molar-refractivity contribution in [2.75, 3.05) is 6.61 Å². The van der Waals surface area contributed by atoms with E-state index in [-0.39, 0.29) is 6.61 Å². The molecule has 0 atom stereocenters. The fraction of sp³-hybridized carbons (Fsp3) is 0.462. The molecule has 0 radical (unpaired) electrons. The zero-order valence-corrected chi connectivity index (χ0v) is 9.45. The number of aliphatic hydroxyl groups excluding tert-OH is 1. The molecule has 1 N–H and O–H groups in total. The number of furan rings is 1. The number of hydrogen-bond donors (Lipinski definition) is 1. The van der Waals surface area contributed by atoms with Gasteiger partial charge in [-0.2, -0.15) is 0 Å². The lowest BCUT2D eigenvalue weighted by Crippen LogP contribution is -1.85. The van der Waals surface area contributed by atoms with Gasteiger partial charge in [-0.05, 0) is 31.4 Å². The summed E-state index contributed by atoms with van der Waals surface area (Å²) in [4.78, 5) is 10.5. The van der Waals surface area contributed by atoms with Crippen LogP contribution in [0.4, 0.5) is 0 Å². The number of aryl methyl sites for hydroxylation is 2. The van der Waals surface area contributed by atoms with E-state index < -0.39 is 0 Å². The van der Waals surface area contributed by atoms with Crippen LogP contribution in [-0.4, -0.2) is 18.0 Å². The Balaban J connectivity index is 2.31. The summed E-state index contributed by atoms with van der Waals surface area (Å²) in [7, 11) is 0. The van der Waals surface area contributed by atoms with E-state index in [1.54, 1.807) is 6.07 Å². The van der Waals surface area contributed by atoms with E-state index in [0.29, 0.717) is 5.76 Å². The van der Waals surface area contributed by atoms with Crippen LogP contribution < -0.4 is 0 Å². The van der Waals surface area contributed by atoms with E-state index in [1.807, 2.05) is 6.92 Å². The number of carbonyl (C=O) groups excluding carboxylic acids is 1. The van der Waals surface area contributed by atoms with Gasteiger partial charge < -0.3 is 9.52 Å². The Morgan fingerprint density at radius 3 is 2.88 bits per heavy atom. The van der Waals surface area contributed by atoms with Crippen molar-refractivity contribution in [1.29, 1.82) is 0 Å². The lowest BCUT2D eigenvalue weighted by Gasteiger charge is -1.96. The summed E-state index contributed by atoms with van der Waals surface area (Å²) in [6, 6.07) is 1.76. The maximum atomic E-state index is 10.5. The molecule has 0 aliphatic carbocycles. The lowest BCUT2D eigenvalue weighted by molar-refractivity contribution is 0.109. The minimum Gasteiger partial charge on any atom is -0.458 e. The SMILES string of the molecule is Cc1cc(C=O)oc1CCCCC#CCO. The summed E-state index contributed by atoms with van der Waals surface area (Å²) in [6.45, 7) is 1.87. The highest BCUT2D eigenvalue weighted by molar-refractivity contribution is 5.71. The second-order valence-electron chi connectivity index (χ2n) is 3.59. The first-order valence-corrected chi connectivity index (χ1v) is 5.39. The minimum atomic E-state index is -0.0695. The smallest absolute Gasteiger partial charge is 0.185 e. The molecule has 1 aromatic rings. The van der Waals surface area contributed by atoms with Gasteiger partial charge in [0.1, 0.15) is 12.4 Å². The van der Waals surface area contributed by atoms with Crippen LogP contribution >= 0.6 is 0 Å². The fourth-order valence-corrected chi connectivity index (χ4v) is 1.50. The molecule has 0 saturated carbocycles. The Hall–Kier alpha value is -1.53. The Labute approximate surface area is 95.5 Å². The third-order valence-corrected chi connectivity index (χ3v) is 2.32. The van der Waals surface area contributed by atoms with E-state index in [0.717, 1.165) is 43.3 Å². The molecule has 0 bridgehead atoms. The molecular weight excluding hydrogens is 204 g/mol. The molecule has 0 aromatic carbocycles. The Morgan fingerprint density at radius 2 is 2.25 bits per heavy atom. The van der Waals surface area contributed by atoms with Gasteiger partial charge in [-0.15, -0.1) is 5.92 Å². The second-order valence-corrected chi connectivity index (χ2v) is 3.59. The van der Waals surface area contributed by atoms with E-state index in [1.165, 1.54) is 0 Å². The zero-order valence-electron chi connectivity index (χ0n) is 9.45. The topological polar surface area (TPSA) is 50.4 Å². The number of aldehydes is 1. The summed E-state index contributed by atoms with van der Waals surface area (Å²) in [5, 5.41) is 8.45. The van der Waals surface area contributed by atoms with Gasteiger partial charge in [0.05, 0.1) is 0 Å². The number of carbonyl (C=O) groups is 1. The van der Waals surface area contributed by atoms with Crippen molar-refractivity contribution in [2.24, 2.45) is 0 Å². The van der Waals surface area contributed by atoms with Crippen LogP contribution in [0.3, 0.4) is 0 Å². The molecule has 0 spiro atoms. The summed E-state index contributed by atoms with van der Waals surface area (Å²) in [5.74, 6) is 6.76. The van der Waals surface area contributed by atoms with Crippen LogP contribution in [0.2, 0.25) is 0 Å². The molecule has 0 aliphatic rings. The first-order chi connectivity index (χ1) is 7.77. The maximum Gasteiger partial charge on any atom is 0.185 e. The summed E-state index contributed by atoms with van der Waals surface area (Å²) >= 11 is 0. The number of rotatable bonds is 5. The zero-order chi connectivity index (χ0) is 11.8. The minimum absolute atomic E-state index is 0.0695. The largest absolute Gasteiger partial charge is 0.458 e. The average Bonchev–Trinajstić information content (AvgIpc) is 2.65. The van der Waals surface area contributed by atoms with Gasteiger partial charge in [-0.25, -0.2) is 0 Å². The molecule has 16 heavy (non-hydrogen) atoms. The fourth-order valence-electron chi connectivity index (χ4n) is 1.50. The van der Waals surface area contributed by atoms with Crippen LogP contribution in [-0.2, 0) is 6.42 Å². The third kappa shape index (κ3) is 3.92. The van der Waals surface area contributed by atoms with E-state index in [4.69, 9.17) is 9.52 Å². The van der Waals surface area contributed by atoms with Crippen molar-refractivity contribution < 1.29 is 14.3 Å². The first-order valence-electron chi connectivity index (χ1n) is 5.39. The van der Waals surface area contributed by atoms with Gasteiger partial charge >= 0.3 is 0 Å². The van der Waals surface area contributed by atoms with Gasteiger partial charge in [-0.3, -0.25) is 4.79 Å². The highest BCUT2D eigenvalue weighted by atomic mass is 16.3. The van der Waals surface area contributed by atoms with Crippen molar-refractivity contribution in [2.45, 2.75) is 32.6 Å². The van der Waals surface area contributed by atoms with Gasteiger partial charge in [0.25, 0.3) is 0 Å². The molecule has 1 heterocycles. The van der Waals surface area contributed by atoms with Crippen molar-refractivity contribution in [3.63, 3.8) is 0 Å². The quantitative estimate of drug-likeness (QED) is 0.469. The molecule has 0 aliphatic heterocycles. The molecule has 0 fully saturated rings.